The van der Waals surface area contributed by atoms with E-state index >= 15 is 0 Å². The van der Waals surface area contributed by atoms with E-state index in [-0.39, 0.29) is 17.9 Å². The molecule has 33 heavy (non-hydrogen) atoms. The molecule has 0 radical (unpaired) electrons. The minimum atomic E-state index is -1.19. The average Bonchev–Trinajstić information content (AvgIpc) is 3.26. The first-order chi connectivity index (χ1) is 15.8. The number of pyridine rings is 1. The summed E-state index contributed by atoms with van der Waals surface area (Å²) in [7, 11) is 0. The van der Waals surface area contributed by atoms with Crippen molar-refractivity contribution in [3.8, 4) is 11.6 Å². The molecule has 9 nitrogen and oxygen atoms in total. The molecule has 2 heterocycles. The molecule has 2 aromatic heterocycles. The quantitative estimate of drug-likeness (QED) is 0.505. The summed E-state index contributed by atoms with van der Waals surface area (Å²) in [6, 6.07) is 8.73. The van der Waals surface area contributed by atoms with Gasteiger partial charge in [-0.05, 0) is 69.7 Å². The zero-order valence-corrected chi connectivity index (χ0v) is 19.3. The lowest BCUT2D eigenvalue weighted by Crippen LogP contribution is -2.40. The summed E-state index contributed by atoms with van der Waals surface area (Å²) in [6.45, 7) is 3.67. The van der Waals surface area contributed by atoms with Crippen LogP contribution in [-0.4, -0.2) is 49.0 Å². The van der Waals surface area contributed by atoms with Crippen LogP contribution in [0, 0.1) is 5.92 Å². The molecule has 0 atom stereocenters. The fraction of sp³-hybridized carbons (Fsp3) is 0.435. The van der Waals surface area contributed by atoms with Crippen molar-refractivity contribution in [1.82, 2.24) is 19.0 Å². The Morgan fingerprint density at radius 2 is 1.91 bits per heavy atom. The van der Waals surface area contributed by atoms with Gasteiger partial charge in [0, 0.05) is 18.8 Å². The summed E-state index contributed by atoms with van der Waals surface area (Å²) < 4.78 is 20.0. The molecule has 2 N–H and O–H groups in total. The second kappa shape index (κ2) is 9.80. The van der Waals surface area contributed by atoms with E-state index in [1.807, 2.05) is 6.07 Å². The van der Waals surface area contributed by atoms with Crippen molar-refractivity contribution >= 4 is 34.6 Å². The molecule has 1 amide bonds. The zero-order chi connectivity index (χ0) is 23.4. The van der Waals surface area contributed by atoms with Gasteiger partial charge in [0.2, 0.25) is 5.88 Å². The van der Waals surface area contributed by atoms with Crippen molar-refractivity contribution < 1.29 is 24.2 Å². The Kier molecular flexibility index (Phi) is 6.85. The van der Waals surface area contributed by atoms with Crippen molar-refractivity contribution in [3.63, 3.8) is 0 Å². The molecule has 0 unspecified atom stereocenters. The van der Waals surface area contributed by atoms with Gasteiger partial charge in [0.1, 0.15) is 22.3 Å². The highest BCUT2D eigenvalue weighted by atomic mass is 32.1. The first-order valence-corrected chi connectivity index (χ1v) is 11.6. The smallest absolute Gasteiger partial charge is 0.335 e. The Morgan fingerprint density at radius 3 is 2.67 bits per heavy atom. The summed E-state index contributed by atoms with van der Waals surface area (Å²) in [6.07, 6.45) is 4.76. The van der Waals surface area contributed by atoms with E-state index in [0.29, 0.717) is 23.8 Å². The van der Waals surface area contributed by atoms with Crippen LogP contribution in [0.5, 0.6) is 11.6 Å². The molecule has 0 saturated heterocycles. The number of amides is 1. The maximum Gasteiger partial charge on any atom is 0.335 e. The molecule has 0 aliphatic heterocycles. The van der Waals surface area contributed by atoms with Crippen LogP contribution < -0.4 is 10.1 Å². The molecule has 1 saturated carbocycles. The molecule has 174 valence electrons. The lowest BCUT2D eigenvalue weighted by atomic mass is 9.87. The van der Waals surface area contributed by atoms with E-state index in [0.717, 1.165) is 48.4 Å². The fourth-order valence-electron chi connectivity index (χ4n) is 3.84. The highest BCUT2D eigenvalue weighted by Crippen LogP contribution is 2.29. The molecule has 1 aliphatic carbocycles. The Balaban J connectivity index is 1.32. The van der Waals surface area contributed by atoms with Crippen molar-refractivity contribution in [1.29, 1.82) is 0 Å². The van der Waals surface area contributed by atoms with Crippen LogP contribution >= 0.6 is 11.7 Å². The summed E-state index contributed by atoms with van der Waals surface area (Å²) in [5.74, 6) is -0.145. The van der Waals surface area contributed by atoms with E-state index < -0.39 is 11.6 Å². The standard InChI is InChI=1S/C23H26N4O5S/c1-23(2,22(29)30)32-15-7-5-14(6-8-15)13-25-20(28)17-4-3-11-24-21(17)31-16-9-10-18-19(12-16)27-33-26-18/h3-4,9-12,14-15H,5-8,13H2,1-2H3,(H,25,28)(H,29,30). The first-order valence-electron chi connectivity index (χ1n) is 10.9. The predicted octanol–water partition coefficient (Wildman–Crippen LogP) is 4.05. The number of fused-ring (bicyclic) bond motifs is 1. The number of nitrogens with zero attached hydrogens (tertiary/aromatic N) is 3. The Bertz CT molecular complexity index is 1140. The maximum atomic E-state index is 12.9. The molecule has 0 bridgehead atoms. The molecule has 10 heteroatoms. The monoisotopic (exact) mass is 470 g/mol. The largest absolute Gasteiger partial charge is 0.479 e. The van der Waals surface area contributed by atoms with Crippen molar-refractivity contribution in [2.24, 2.45) is 5.92 Å². The van der Waals surface area contributed by atoms with Crippen LogP contribution in [0.3, 0.4) is 0 Å². The highest BCUT2D eigenvalue weighted by molar-refractivity contribution is 7.00. The van der Waals surface area contributed by atoms with Crippen LogP contribution in [0.2, 0.25) is 0 Å². The molecule has 1 aromatic carbocycles. The Morgan fingerprint density at radius 1 is 1.15 bits per heavy atom. The topological polar surface area (TPSA) is 124 Å². The van der Waals surface area contributed by atoms with Gasteiger partial charge >= 0.3 is 5.97 Å². The third-order valence-corrected chi connectivity index (χ3v) is 6.33. The first kappa shape index (κ1) is 23.1. The molecule has 1 fully saturated rings. The summed E-state index contributed by atoms with van der Waals surface area (Å²) in [5.41, 5.74) is 0.682. The van der Waals surface area contributed by atoms with Gasteiger partial charge in [-0.2, -0.15) is 8.75 Å². The second-order valence-corrected chi connectivity index (χ2v) is 9.19. The Hall–Kier alpha value is -3.11. The number of hydrogen-bond donors (Lipinski definition) is 2. The number of hydrogen-bond acceptors (Lipinski definition) is 8. The molecule has 3 aromatic rings. The van der Waals surface area contributed by atoms with Crippen LogP contribution in [0.4, 0.5) is 0 Å². The van der Waals surface area contributed by atoms with Crippen LogP contribution in [0.25, 0.3) is 11.0 Å². The summed E-state index contributed by atoms with van der Waals surface area (Å²) in [4.78, 5) is 28.4. The van der Waals surface area contributed by atoms with Crippen LogP contribution in [0.1, 0.15) is 49.9 Å². The van der Waals surface area contributed by atoms with Gasteiger partial charge in [-0.25, -0.2) is 9.78 Å². The number of benzene rings is 1. The lowest BCUT2D eigenvalue weighted by molar-refractivity contribution is -0.170. The molecular formula is C23H26N4O5S. The normalized spacial score (nSPS) is 18.7. The van der Waals surface area contributed by atoms with E-state index in [1.54, 1.807) is 44.3 Å². The number of carbonyl (C=O) groups excluding carboxylic acids is 1. The van der Waals surface area contributed by atoms with E-state index in [9.17, 15) is 14.7 Å². The molecule has 1 aliphatic rings. The Labute approximate surface area is 195 Å². The highest BCUT2D eigenvalue weighted by Gasteiger charge is 2.33. The minimum absolute atomic E-state index is 0.0772. The summed E-state index contributed by atoms with van der Waals surface area (Å²) >= 11 is 1.13. The molecule has 4 rings (SSSR count). The average molecular weight is 471 g/mol. The number of rotatable bonds is 8. The molecular weight excluding hydrogens is 444 g/mol. The van der Waals surface area contributed by atoms with Gasteiger partial charge in [0.05, 0.1) is 17.8 Å². The lowest BCUT2D eigenvalue weighted by Gasteiger charge is -2.33. The minimum Gasteiger partial charge on any atom is -0.479 e. The maximum absolute atomic E-state index is 12.9. The third kappa shape index (κ3) is 5.63. The predicted molar refractivity (Wildman–Crippen MR) is 123 cm³/mol. The van der Waals surface area contributed by atoms with Gasteiger partial charge in [0.15, 0.2) is 5.60 Å². The zero-order valence-electron chi connectivity index (χ0n) is 18.5. The van der Waals surface area contributed by atoms with Gasteiger partial charge in [-0.15, -0.1) is 0 Å². The van der Waals surface area contributed by atoms with E-state index in [1.165, 1.54) is 0 Å². The van der Waals surface area contributed by atoms with Crippen molar-refractivity contribution in [3.05, 3.63) is 42.1 Å². The van der Waals surface area contributed by atoms with Gasteiger partial charge in [-0.1, -0.05) is 0 Å². The molecule has 0 spiro atoms. The van der Waals surface area contributed by atoms with Crippen molar-refractivity contribution in [2.45, 2.75) is 51.2 Å². The van der Waals surface area contributed by atoms with E-state index in [4.69, 9.17) is 9.47 Å². The third-order valence-electron chi connectivity index (χ3n) is 5.78. The van der Waals surface area contributed by atoms with Gasteiger partial charge in [-0.3, -0.25) is 4.79 Å². The number of aliphatic carboxylic acids is 1. The van der Waals surface area contributed by atoms with Crippen molar-refractivity contribution in [2.75, 3.05) is 6.54 Å². The SMILES string of the molecule is CC(C)(OC1CCC(CNC(=O)c2cccnc2Oc2ccc3nsnc3c2)CC1)C(=O)O. The number of ether oxygens (including phenoxy) is 2. The van der Waals surface area contributed by atoms with E-state index in [2.05, 4.69) is 19.0 Å². The number of nitrogens with one attached hydrogen (secondary N) is 1. The van der Waals surface area contributed by atoms with Crippen LogP contribution in [0.15, 0.2) is 36.5 Å². The second-order valence-electron chi connectivity index (χ2n) is 8.66. The number of carbonyl (C=O) groups is 2. The fourth-order valence-corrected chi connectivity index (χ4v) is 4.35. The van der Waals surface area contributed by atoms with Gasteiger partial charge < -0.3 is 19.9 Å². The van der Waals surface area contributed by atoms with Crippen LogP contribution in [-0.2, 0) is 9.53 Å². The van der Waals surface area contributed by atoms with Gasteiger partial charge in [0.25, 0.3) is 5.91 Å². The number of aromatic nitrogens is 3. The number of carboxylic acids is 1. The summed E-state index contributed by atoms with van der Waals surface area (Å²) in [5, 5.41) is 12.2. The number of carboxylic acid groups (broad SMARTS) is 1.